The quantitative estimate of drug-likeness (QED) is 0.309. The van der Waals surface area contributed by atoms with Crippen LogP contribution in [0.25, 0.3) is 10.1 Å². The third-order valence-electron chi connectivity index (χ3n) is 5.52. The average Bonchev–Trinajstić information content (AvgIpc) is 3.38. The van der Waals surface area contributed by atoms with Crippen LogP contribution in [0.3, 0.4) is 0 Å². The van der Waals surface area contributed by atoms with E-state index in [1.54, 1.807) is 11.3 Å². The SMILES string of the molecule is O=c1c(OCc2ccccc2)nn(Cc2cccc3ccsc23)c(=O)n1COCc1ccccc1. The van der Waals surface area contributed by atoms with E-state index in [1.165, 1.54) is 4.68 Å². The Morgan fingerprint density at radius 1 is 0.800 bits per heavy atom. The minimum Gasteiger partial charge on any atom is -0.468 e. The van der Waals surface area contributed by atoms with Gasteiger partial charge >= 0.3 is 11.2 Å². The van der Waals surface area contributed by atoms with Gasteiger partial charge in [0.05, 0.1) is 13.2 Å². The highest BCUT2D eigenvalue weighted by Gasteiger charge is 2.16. The van der Waals surface area contributed by atoms with Crippen LogP contribution in [0.15, 0.2) is 99.9 Å². The number of benzene rings is 3. The van der Waals surface area contributed by atoms with E-state index in [0.29, 0.717) is 0 Å². The molecule has 3 aromatic carbocycles. The lowest BCUT2D eigenvalue weighted by Crippen LogP contribution is -2.42. The molecule has 0 radical (unpaired) electrons. The van der Waals surface area contributed by atoms with E-state index >= 15 is 0 Å². The second kappa shape index (κ2) is 10.5. The molecule has 5 aromatic rings. The number of aromatic nitrogens is 3. The van der Waals surface area contributed by atoms with Crippen LogP contribution in [0.2, 0.25) is 0 Å². The van der Waals surface area contributed by atoms with Gasteiger partial charge in [0.2, 0.25) is 0 Å². The van der Waals surface area contributed by atoms with Gasteiger partial charge in [-0.25, -0.2) is 14.0 Å². The van der Waals surface area contributed by atoms with E-state index < -0.39 is 11.2 Å². The summed E-state index contributed by atoms with van der Waals surface area (Å²) in [5.41, 5.74) is 1.60. The molecule has 0 unspecified atom stereocenters. The van der Waals surface area contributed by atoms with Gasteiger partial charge in [-0.15, -0.1) is 16.4 Å². The number of nitrogens with zero attached hydrogens (tertiary/aromatic N) is 3. The largest absolute Gasteiger partial charge is 0.468 e. The van der Waals surface area contributed by atoms with Crippen molar-refractivity contribution in [2.45, 2.75) is 26.5 Å². The Hall–Kier alpha value is -4.01. The molecule has 0 bridgehead atoms. The summed E-state index contributed by atoms with van der Waals surface area (Å²) in [5.74, 6) is -0.143. The minimum absolute atomic E-state index is 0.143. The molecular formula is C27H23N3O4S. The maximum absolute atomic E-state index is 13.3. The lowest BCUT2D eigenvalue weighted by atomic mass is 10.2. The molecule has 0 spiro atoms. The second-order valence-electron chi connectivity index (χ2n) is 7.97. The van der Waals surface area contributed by atoms with Crippen LogP contribution in [-0.2, 0) is 31.2 Å². The van der Waals surface area contributed by atoms with Gasteiger partial charge in [-0.1, -0.05) is 78.9 Å². The molecule has 7 nitrogen and oxygen atoms in total. The zero-order valence-corrected chi connectivity index (χ0v) is 19.7. The van der Waals surface area contributed by atoms with Crippen LogP contribution in [0.1, 0.15) is 16.7 Å². The van der Waals surface area contributed by atoms with Gasteiger partial charge in [-0.3, -0.25) is 4.79 Å². The third-order valence-corrected chi connectivity index (χ3v) is 6.53. The smallest absolute Gasteiger partial charge is 0.349 e. The Balaban J connectivity index is 1.46. The summed E-state index contributed by atoms with van der Waals surface area (Å²) in [7, 11) is 0. The Morgan fingerprint density at radius 3 is 2.26 bits per heavy atom. The fraction of sp³-hybridized carbons (Fsp3) is 0.148. The van der Waals surface area contributed by atoms with E-state index in [2.05, 4.69) is 5.10 Å². The Labute approximate surface area is 205 Å². The fourth-order valence-electron chi connectivity index (χ4n) is 3.74. The molecule has 2 aromatic heterocycles. The van der Waals surface area contributed by atoms with E-state index in [9.17, 15) is 9.59 Å². The van der Waals surface area contributed by atoms with Crippen molar-refractivity contribution in [2.24, 2.45) is 0 Å². The summed E-state index contributed by atoms with van der Waals surface area (Å²) < 4.78 is 14.9. The molecule has 8 heteroatoms. The third kappa shape index (κ3) is 5.24. The molecule has 176 valence electrons. The molecular weight excluding hydrogens is 462 g/mol. The summed E-state index contributed by atoms with van der Waals surface area (Å²) in [5, 5.41) is 7.41. The molecule has 0 saturated heterocycles. The summed E-state index contributed by atoms with van der Waals surface area (Å²) in [6, 6.07) is 27.0. The standard InChI is InChI=1S/C27H23N3O4S/c31-26-25(34-18-21-10-5-2-6-11-21)28-30(16-23-13-7-12-22-14-15-35-24(22)23)27(32)29(26)19-33-17-20-8-3-1-4-9-20/h1-15H,16-19H2. The molecule has 5 rings (SSSR count). The first-order valence-corrected chi connectivity index (χ1v) is 12.0. The number of hydrogen-bond donors (Lipinski definition) is 0. The minimum atomic E-state index is -0.621. The highest BCUT2D eigenvalue weighted by Crippen LogP contribution is 2.25. The van der Waals surface area contributed by atoms with Gasteiger partial charge in [0.15, 0.2) is 0 Å². The van der Waals surface area contributed by atoms with Crippen LogP contribution in [-0.4, -0.2) is 14.3 Å². The molecule has 0 N–H and O–H groups in total. The van der Waals surface area contributed by atoms with Gasteiger partial charge in [0.1, 0.15) is 13.3 Å². The van der Waals surface area contributed by atoms with Gasteiger partial charge in [-0.05, 0) is 33.5 Å². The van der Waals surface area contributed by atoms with Gasteiger partial charge in [0, 0.05) is 4.70 Å². The zero-order chi connectivity index (χ0) is 24.0. The molecule has 0 aliphatic carbocycles. The molecule has 2 heterocycles. The summed E-state index contributed by atoms with van der Waals surface area (Å²) in [4.78, 5) is 26.4. The van der Waals surface area contributed by atoms with Crippen molar-refractivity contribution < 1.29 is 9.47 Å². The molecule has 0 amide bonds. The average molecular weight is 486 g/mol. The maximum Gasteiger partial charge on any atom is 0.349 e. The van der Waals surface area contributed by atoms with Crippen molar-refractivity contribution in [3.8, 4) is 5.88 Å². The lowest BCUT2D eigenvalue weighted by molar-refractivity contribution is 0.0558. The lowest BCUT2D eigenvalue weighted by Gasteiger charge is -2.13. The Kier molecular flexibility index (Phi) is 6.83. The Morgan fingerprint density at radius 2 is 1.51 bits per heavy atom. The van der Waals surface area contributed by atoms with Crippen molar-refractivity contribution in [2.75, 3.05) is 0 Å². The van der Waals surface area contributed by atoms with Gasteiger partial charge < -0.3 is 9.47 Å². The van der Waals surface area contributed by atoms with Crippen molar-refractivity contribution in [1.29, 1.82) is 0 Å². The van der Waals surface area contributed by atoms with Crippen LogP contribution >= 0.6 is 11.3 Å². The van der Waals surface area contributed by atoms with Crippen molar-refractivity contribution >= 4 is 21.4 Å². The number of thiophene rings is 1. The molecule has 0 fully saturated rings. The number of rotatable bonds is 9. The Bertz CT molecular complexity index is 1540. The van der Waals surface area contributed by atoms with Crippen molar-refractivity contribution in [3.63, 3.8) is 0 Å². The molecule has 0 atom stereocenters. The molecule has 0 saturated carbocycles. The first-order valence-electron chi connectivity index (χ1n) is 11.1. The number of fused-ring (bicyclic) bond motifs is 1. The molecule has 35 heavy (non-hydrogen) atoms. The monoisotopic (exact) mass is 485 g/mol. The van der Waals surface area contributed by atoms with E-state index in [4.69, 9.17) is 9.47 Å². The van der Waals surface area contributed by atoms with E-state index in [-0.39, 0.29) is 32.4 Å². The van der Waals surface area contributed by atoms with E-state index in [1.807, 2.05) is 90.3 Å². The van der Waals surface area contributed by atoms with Crippen LogP contribution < -0.4 is 16.0 Å². The highest BCUT2D eigenvalue weighted by atomic mass is 32.1. The van der Waals surface area contributed by atoms with Crippen molar-refractivity contribution in [3.05, 3.63) is 128 Å². The van der Waals surface area contributed by atoms with Gasteiger partial charge in [0.25, 0.3) is 5.88 Å². The van der Waals surface area contributed by atoms with Crippen LogP contribution in [0, 0.1) is 0 Å². The zero-order valence-electron chi connectivity index (χ0n) is 18.9. The first kappa shape index (κ1) is 22.8. The summed E-state index contributed by atoms with van der Waals surface area (Å²) in [6.45, 7) is 0.424. The summed E-state index contributed by atoms with van der Waals surface area (Å²) in [6.07, 6.45) is 0. The summed E-state index contributed by atoms with van der Waals surface area (Å²) >= 11 is 1.60. The van der Waals surface area contributed by atoms with Gasteiger partial charge in [-0.2, -0.15) is 0 Å². The fourth-order valence-corrected chi connectivity index (χ4v) is 4.65. The van der Waals surface area contributed by atoms with Crippen LogP contribution in [0.5, 0.6) is 5.88 Å². The normalized spacial score (nSPS) is 11.1. The number of ether oxygens (including phenoxy) is 2. The first-order chi connectivity index (χ1) is 17.2. The number of hydrogen-bond acceptors (Lipinski definition) is 6. The predicted octanol–water partition coefficient (Wildman–Crippen LogP) is 4.42. The second-order valence-corrected chi connectivity index (χ2v) is 8.89. The topological polar surface area (TPSA) is 75.4 Å². The van der Waals surface area contributed by atoms with E-state index in [0.717, 1.165) is 31.3 Å². The maximum atomic E-state index is 13.3. The van der Waals surface area contributed by atoms with Crippen LogP contribution in [0.4, 0.5) is 0 Å². The van der Waals surface area contributed by atoms with Crippen molar-refractivity contribution in [1.82, 2.24) is 14.3 Å². The highest BCUT2D eigenvalue weighted by molar-refractivity contribution is 7.17. The molecule has 0 aliphatic rings. The predicted molar refractivity (Wildman–Crippen MR) is 136 cm³/mol. The molecule has 0 aliphatic heterocycles.